The van der Waals surface area contributed by atoms with Crippen LogP contribution in [0.2, 0.25) is 26.2 Å². The summed E-state index contributed by atoms with van der Waals surface area (Å²) in [5, 5.41) is 0. The van der Waals surface area contributed by atoms with Crippen LogP contribution in [-0.2, 0) is 4.12 Å². The molecule has 5 heteroatoms. The number of hydrogen-bond donors (Lipinski definition) is 1. The highest BCUT2D eigenvalue weighted by Gasteiger charge is 2.40. The highest BCUT2D eigenvalue weighted by atomic mass is 28.4. The Kier molecular flexibility index (Phi) is 3.35. The van der Waals surface area contributed by atoms with Gasteiger partial charge in [0.05, 0.1) is 0 Å². The Labute approximate surface area is 83.5 Å². The second-order valence-corrected chi connectivity index (χ2v) is 13.6. The lowest BCUT2D eigenvalue weighted by atomic mass is 10.6. The first-order valence-corrected chi connectivity index (χ1v) is 11.2. The molecule has 0 radical (unpaired) electrons. The van der Waals surface area contributed by atoms with Crippen molar-refractivity contribution in [3.05, 3.63) is 0 Å². The maximum atomic E-state index is 6.23. The van der Waals surface area contributed by atoms with Crippen molar-refractivity contribution in [1.29, 1.82) is 0 Å². The lowest BCUT2D eigenvalue weighted by Crippen LogP contribution is -2.63. The van der Waals surface area contributed by atoms with Crippen LogP contribution in [0.5, 0.6) is 0 Å². The predicted molar refractivity (Wildman–Crippen MR) is 61.5 cm³/mol. The molecule has 0 aliphatic carbocycles. The molecule has 0 aromatic heterocycles. The Balaban J connectivity index is 2.61. The van der Waals surface area contributed by atoms with Crippen LogP contribution in [0.15, 0.2) is 0 Å². The van der Waals surface area contributed by atoms with Crippen molar-refractivity contribution < 1.29 is 4.12 Å². The van der Waals surface area contributed by atoms with E-state index in [-0.39, 0.29) is 0 Å². The molecule has 1 fully saturated rings. The topological polar surface area (TPSA) is 38.5 Å². The summed E-state index contributed by atoms with van der Waals surface area (Å²) >= 11 is 0. The van der Waals surface area contributed by atoms with E-state index < -0.39 is 16.6 Å². The van der Waals surface area contributed by atoms with Crippen molar-refractivity contribution in [1.82, 2.24) is 4.90 Å². The molecule has 0 unspecified atom stereocenters. The monoisotopic (exact) mass is 218 g/mol. The van der Waals surface area contributed by atoms with Gasteiger partial charge in [-0.3, -0.25) is 0 Å². The highest BCUT2D eigenvalue weighted by Crippen LogP contribution is 2.21. The second-order valence-electron chi connectivity index (χ2n) is 5.12. The average Bonchev–Trinajstić information content (AvgIpc) is 1.78. The first-order chi connectivity index (χ1) is 5.85. The second kappa shape index (κ2) is 3.82. The molecule has 1 rings (SSSR count). The van der Waals surface area contributed by atoms with Gasteiger partial charge in [-0.05, 0) is 26.2 Å². The van der Waals surface area contributed by atoms with E-state index in [1.807, 2.05) is 0 Å². The van der Waals surface area contributed by atoms with Gasteiger partial charge >= 0.3 is 0 Å². The van der Waals surface area contributed by atoms with Crippen LogP contribution in [0, 0.1) is 0 Å². The molecule has 1 heterocycles. The minimum absolute atomic E-state index is 0.773. The molecule has 0 amide bonds. The maximum absolute atomic E-state index is 6.23. The normalized spacial score (nSPS) is 27.5. The average molecular weight is 218 g/mol. The Bertz CT molecular complexity index is 169. The van der Waals surface area contributed by atoms with Crippen molar-refractivity contribution in [2.45, 2.75) is 26.2 Å². The van der Waals surface area contributed by atoms with Crippen molar-refractivity contribution in [2.75, 3.05) is 25.4 Å². The number of rotatable bonds is 2. The molecular formula is C8H22N2OSi2. The van der Waals surface area contributed by atoms with Crippen LogP contribution in [0.3, 0.4) is 0 Å². The van der Waals surface area contributed by atoms with Gasteiger partial charge in [-0.2, -0.15) is 0 Å². The summed E-state index contributed by atoms with van der Waals surface area (Å²) in [6, 6.07) is 0. The van der Waals surface area contributed by atoms with Gasteiger partial charge in [-0.15, -0.1) is 0 Å². The number of nitrogens with two attached hydrogens (primary N) is 1. The van der Waals surface area contributed by atoms with E-state index >= 15 is 0 Å². The molecule has 0 saturated carbocycles. The smallest absolute Gasteiger partial charge is 0.187 e. The van der Waals surface area contributed by atoms with Gasteiger partial charge in [0, 0.05) is 25.4 Å². The Morgan fingerprint density at radius 2 is 1.62 bits per heavy atom. The van der Waals surface area contributed by atoms with E-state index in [9.17, 15) is 0 Å². The summed E-state index contributed by atoms with van der Waals surface area (Å²) in [5.41, 5.74) is 5.58. The fourth-order valence-corrected chi connectivity index (χ4v) is 11.7. The predicted octanol–water partition coefficient (Wildman–Crippen LogP) is 0.766. The van der Waals surface area contributed by atoms with E-state index in [1.165, 1.54) is 0 Å². The third kappa shape index (κ3) is 3.51. The molecule has 0 spiro atoms. The van der Waals surface area contributed by atoms with E-state index in [0.717, 1.165) is 25.4 Å². The highest BCUT2D eigenvalue weighted by molar-refractivity contribution is 6.86. The third-order valence-corrected chi connectivity index (χ3v) is 9.04. The number of hydrogen-bond acceptors (Lipinski definition) is 3. The molecule has 0 aromatic rings. The van der Waals surface area contributed by atoms with Crippen LogP contribution in [-0.4, -0.2) is 47.0 Å². The van der Waals surface area contributed by atoms with Gasteiger partial charge in [0.15, 0.2) is 16.6 Å². The molecule has 1 aliphatic heterocycles. The Morgan fingerprint density at radius 1 is 1.15 bits per heavy atom. The zero-order valence-corrected chi connectivity index (χ0v) is 11.3. The molecule has 1 saturated heterocycles. The molecule has 2 N–H and O–H groups in total. The van der Waals surface area contributed by atoms with E-state index in [4.69, 9.17) is 9.85 Å². The van der Waals surface area contributed by atoms with Gasteiger partial charge in [0.1, 0.15) is 0 Å². The van der Waals surface area contributed by atoms with Gasteiger partial charge in [0.2, 0.25) is 0 Å². The van der Waals surface area contributed by atoms with E-state index in [0.29, 0.717) is 0 Å². The first-order valence-electron chi connectivity index (χ1n) is 4.97. The summed E-state index contributed by atoms with van der Waals surface area (Å²) in [6.45, 7) is 11.1. The summed E-state index contributed by atoms with van der Waals surface area (Å²) in [5.74, 6) is 0. The molecule has 1 aliphatic rings. The molecule has 0 bridgehead atoms. The van der Waals surface area contributed by atoms with Crippen molar-refractivity contribution >= 4 is 16.6 Å². The zero-order valence-electron chi connectivity index (χ0n) is 9.26. The van der Waals surface area contributed by atoms with Crippen molar-refractivity contribution in [3.63, 3.8) is 0 Å². The maximum Gasteiger partial charge on any atom is 0.187 e. The summed E-state index contributed by atoms with van der Waals surface area (Å²) in [7, 11) is -2.79. The van der Waals surface area contributed by atoms with Crippen molar-refractivity contribution in [2.24, 2.45) is 5.73 Å². The molecular weight excluding hydrogens is 196 g/mol. The van der Waals surface area contributed by atoms with Crippen LogP contribution in [0.25, 0.3) is 0 Å². The van der Waals surface area contributed by atoms with E-state index in [1.54, 1.807) is 0 Å². The van der Waals surface area contributed by atoms with Crippen LogP contribution in [0.4, 0.5) is 0 Å². The Hall–Kier alpha value is 0.314. The number of nitrogens with zero attached hydrogens (tertiary/aromatic N) is 1. The fourth-order valence-electron chi connectivity index (χ4n) is 2.29. The van der Waals surface area contributed by atoms with Gasteiger partial charge < -0.3 is 14.7 Å². The van der Waals surface area contributed by atoms with Gasteiger partial charge in [-0.25, -0.2) is 0 Å². The van der Waals surface area contributed by atoms with Crippen LogP contribution >= 0.6 is 0 Å². The Morgan fingerprint density at radius 3 is 2.00 bits per heavy atom. The molecule has 3 nitrogen and oxygen atoms in total. The van der Waals surface area contributed by atoms with Gasteiger partial charge in [-0.1, -0.05) is 0 Å². The third-order valence-electron chi connectivity index (χ3n) is 2.21. The van der Waals surface area contributed by atoms with Crippen LogP contribution < -0.4 is 5.73 Å². The summed E-state index contributed by atoms with van der Waals surface area (Å²) in [4.78, 5) is 2.50. The first kappa shape index (κ1) is 11.4. The lowest BCUT2D eigenvalue weighted by molar-refractivity contribution is 0.305. The van der Waals surface area contributed by atoms with Crippen molar-refractivity contribution in [3.8, 4) is 0 Å². The van der Waals surface area contributed by atoms with E-state index in [2.05, 4.69) is 31.1 Å². The summed E-state index contributed by atoms with van der Waals surface area (Å²) in [6.07, 6.45) is 2.31. The molecule has 13 heavy (non-hydrogen) atoms. The minimum atomic E-state index is -1.39. The SMILES string of the molecule is C[Si]1(C)CN(CCN)C[Si](C)(C)O1. The molecule has 0 aromatic carbocycles. The minimum Gasteiger partial charge on any atom is -0.454 e. The largest absolute Gasteiger partial charge is 0.454 e. The fraction of sp³-hybridized carbons (Fsp3) is 1.00. The quantitative estimate of drug-likeness (QED) is 0.696. The molecule has 78 valence electrons. The summed E-state index contributed by atoms with van der Waals surface area (Å²) < 4.78 is 6.23. The zero-order chi connectivity index (χ0) is 10.1. The lowest BCUT2D eigenvalue weighted by Gasteiger charge is -2.45. The van der Waals surface area contributed by atoms with Gasteiger partial charge in [0.25, 0.3) is 0 Å². The standard InChI is InChI=1S/C8H22N2OSi2/c1-12(2)7-10(6-5-9)8-13(3,4)11-12/h5-9H2,1-4H3. The molecule has 0 atom stereocenters. The van der Waals surface area contributed by atoms with Crippen LogP contribution in [0.1, 0.15) is 0 Å².